The highest BCUT2D eigenvalue weighted by Gasteiger charge is 2.27. The molecular formula is C16H21ClN4. The Hall–Kier alpha value is -1.31. The summed E-state index contributed by atoms with van der Waals surface area (Å²) in [7, 11) is 2.12. The van der Waals surface area contributed by atoms with Crippen LogP contribution in [0.15, 0.2) is 0 Å². The molecule has 0 saturated carbocycles. The quantitative estimate of drug-likeness (QED) is 0.748. The zero-order valence-electron chi connectivity index (χ0n) is 12.7. The first-order valence-corrected chi connectivity index (χ1v) is 8.02. The van der Waals surface area contributed by atoms with Crippen molar-refractivity contribution in [3.63, 3.8) is 0 Å². The molecule has 112 valence electrons. The molecule has 0 spiro atoms. The van der Waals surface area contributed by atoms with Gasteiger partial charge in [-0.15, -0.1) is 0 Å². The van der Waals surface area contributed by atoms with Crippen molar-refractivity contribution in [3.05, 3.63) is 21.8 Å². The molecule has 3 rings (SSSR count). The molecule has 2 aliphatic rings. The molecule has 2 aliphatic heterocycles. The van der Waals surface area contributed by atoms with Gasteiger partial charge in [0.15, 0.2) is 0 Å². The van der Waals surface area contributed by atoms with Gasteiger partial charge >= 0.3 is 0 Å². The van der Waals surface area contributed by atoms with E-state index in [1.165, 1.54) is 18.4 Å². The van der Waals surface area contributed by atoms with Crippen LogP contribution in [0.1, 0.15) is 36.5 Å². The molecule has 0 unspecified atom stereocenters. The number of nitrogens with zero attached hydrogens (tertiary/aromatic N) is 4. The van der Waals surface area contributed by atoms with Crippen LogP contribution in [0.5, 0.6) is 0 Å². The number of halogens is 1. The SMILES string of the molecule is CC1CCN(c2nc(Cl)c(C#N)c3c2CN(C)CC3)CC1. The molecule has 0 radical (unpaired) electrons. The summed E-state index contributed by atoms with van der Waals surface area (Å²) in [5.74, 6) is 1.79. The second-order valence-electron chi connectivity index (χ2n) is 6.33. The molecule has 0 amide bonds. The molecule has 1 aromatic rings. The Morgan fingerprint density at radius 2 is 1.95 bits per heavy atom. The molecule has 0 aromatic carbocycles. The Balaban J connectivity index is 2.04. The third-order valence-electron chi connectivity index (χ3n) is 4.71. The fraction of sp³-hybridized carbons (Fsp3) is 0.625. The number of anilines is 1. The summed E-state index contributed by atoms with van der Waals surface area (Å²) in [6, 6.07) is 2.24. The molecule has 0 aliphatic carbocycles. The number of pyridine rings is 1. The van der Waals surface area contributed by atoms with Crippen molar-refractivity contribution < 1.29 is 0 Å². The van der Waals surface area contributed by atoms with Gasteiger partial charge in [0.2, 0.25) is 0 Å². The van der Waals surface area contributed by atoms with Gasteiger partial charge in [-0.25, -0.2) is 4.98 Å². The maximum Gasteiger partial charge on any atom is 0.149 e. The van der Waals surface area contributed by atoms with Gasteiger partial charge in [-0.05, 0) is 37.8 Å². The number of likely N-dealkylation sites (N-methyl/N-ethyl adjacent to an activating group) is 1. The van der Waals surface area contributed by atoms with Crippen LogP contribution in [0, 0.1) is 17.2 Å². The van der Waals surface area contributed by atoms with Crippen LogP contribution in [0.25, 0.3) is 0 Å². The summed E-state index contributed by atoms with van der Waals surface area (Å²) < 4.78 is 0. The van der Waals surface area contributed by atoms with Crippen LogP contribution in [0.4, 0.5) is 5.82 Å². The average Bonchev–Trinajstić information content (AvgIpc) is 2.48. The van der Waals surface area contributed by atoms with Crippen LogP contribution in [0.3, 0.4) is 0 Å². The predicted octanol–water partition coefficient (Wildman–Crippen LogP) is 2.83. The summed E-state index contributed by atoms with van der Waals surface area (Å²) in [5.41, 5.74) is 2.90. The van der Waals surface area contributed by atoms with Crippen LogP contribution in [0.2, 0.25) is 5.15 Å². The molecule has 1 fully saturated rings. The minimum Gasteiger partial charge on any atom is -0.356 e. The number of hydrogen-bond donors (Lipinski definition) is 0. The van der Waals surface area contributed by atoms with Crippen molar-refractivity contribution in [2.24, 2.45) is 5.92 Å². The zero-order valence-corrected chi connectivity index (χ0v) is 13.4. The molecule has 5 heteroatoms. The lowest BCUT2D eigenvalue weighted by atomic mass is 9.94. The fourth-order valence-corrected chi connectivity index (χ4v) is 3.55. The third kappa shape index (κ3) is 2.73. The van der Waals surface area contributed by atoms with Gasteiger partial charge in [0, 0.05) is 31.7 Å². The summed E-state index contributed by atoms with van der Waals surface area (Å²) in [6.45, 7) is 6.20. The first kappa shape index (κ1) is 14.6. The highest BCUT2D eigenvalue weighted by Crippen LogP contribution is 2.34. The Labute approximate surface area is 131 Å². The standard InChI is InChI=1S/C16H21ClN4/c1-11-3-7-21(8-4-11)16-14-10-20(2)6-5-12(14)13(9-18)15(17)19-16/h11H,3-8,10H2,1-2H3. The van der Waals surface area contributed by atoms with E-state index in [0.29, 0.717) is 10.7 Å². The second kappa shape index (κ2) is 5.82. The van der Waals surface area contributed by atoms with Crippen molar-refractivity contribution in [2.45, 2.75) is 32.7 Å². The fourth-order valence-electron chi connectivity index (χ4n) is 3.32. The van der Waals surface area contributed by atoms with Gasteiger partial charge in [-0.1, -0.05) is 18.5 Å². The van der Waals surface area contributed by atoms with E-state index in [4.69, 9.17) is 11.6 Å². The van der Waals surface area contributed by atoms with Gasteiger partial charge in [0.05, 0.1) is 5.56 Å². The molecule has 4 nitrogen and oxygen atoms in total. The van der Waals surface area contributed by atoms with E-state index in [0.717, 1.165) is 49.9 Å². The first-order chi connectivity index (χ1) is 10.1. The highest BCUT2D eigenvalue weighted by atomic mass is 35.5. The van der Waals surface area contributed by atoms with Crippen LogP contribution in [-0.4, -0.2) is 36.6 Å². The smallest absolute Gasteiger partial charge is 0.149 e. The van der Waals surface area contributed by atoms with Crippen molar-refractivity contribution in [2.75, 3.05) is 31.6 Å². The number of fused-ring (bicyclic) bond motifs is 1. The lowest BCUT2D eigenvalue weighted by Gasteiger charge is -2.35. The Kier molecular flexibility index (Phi) is 4.05. The summed E-state index contributed by atoms with van der Waals surface area (Å²) in [4.78, 5) is 9.22. The van der Waals surface area contributed by atoms with E-state index < -0.39 is 0 Å². The number of piperidine rings is 1. The Bertz CT molecular complexity index is 585. The van der Waals surface area contributed by atoms with Gasteiger partial charge < -0.3 is 9.80 Å². The zero-order chi connectivity index (χ0) is 15.0. The third-order valence-corrected chi connectivity index (χ3v) is 4.99. The van der Waals surface area contributed by atoms with Crippen LogP contribution in [-0.2, 0) is 13.0 Å². The van der Waals surface area contributed by atoms with Crippen LogP contribution >= 0.6 is 11.6 Å². The van der Waals surface area contributed by atoms with Crippen molar-refractivity contribution in [1.29, 1.82) is 5.26 Å². The van der Waals surface area contributed by atoms with E-state index in [9.17, 15) is 5.26 Å². The lowest BCUT2D eigenvalue weighted by molar-refractivity contribution is 0.311. The largest absolute Gasteiger partial charge is 0.356 e. The number of aromatic nitrogens is 1. The van der Waals surface area contributed by atoms with Crippen molar-refractivity contribution in [3.8, 4) is 6.07 Å². The summed E-state index contributed by atoms with van der Waals surface area (Å²) >= 11 is 6.28. The van der Waals surface area contributed by atoms with Gasteiger partial charge in [0.25, 0.3) is 0 Å². The molecular weight excluding hydrogens is 284 g/mol. The topological polar surface area (TPSA) is 43.2 Å². The van der Waals surface area contributed by atoms with Crippen molar-refractivity contribution >= 4 is 17.4 Å². The first-order valence-electron chi connectivity index (χ1n) is 7.65. The molecule has 0 N–H and O–H groups in total. The van der Waals surface area contributed by atoms with Crippen molar-refractivity contribution in [1.82, 2.24) is 9.88 Å². The normalized spacial score (nSPS) is 20.2. The van der Waals surface area contributed by atoms with Gasteiger partial charge in [-0.2, -0.15) is 5.26 Å². The van der Waals surface area contributed by atoms with Gasteiger partial charge in [-0.3, -0.25) is 0 Å². The minimum atomic E-state index is 0.370. The number of rotatable bonds is 1. The molecule has 0 bridgehead atoms. The summed E-state index contributed by atoms with van der Waals surface area (Å²) in [6.07, 6.45) is 3.28. The maximum absolute atomic E-state index is 9.37. The molecule has 21 heavy (non-hydrogen) atoms. The second-order valence-corrected chi connectivity index (χ2v) is 6.69. The molecule has 1 aromatic heterocycles. The van der Waals surface area contributed by atoms with E-state index in [-0.39, 0.29) is 0 Å². The molecule has 1 saturated heterocycles. The average molecular weight is 305 g/mol. The van der Waals surface area contributed by atoms with E-state index in [1.807, 2.05) is 0 Å². The Morgan fingerprint density at radius 3 is 2.62 bits per heavy atom. The summed E-state index contributed by atoms with van der Waals surface area (Å²) in [5, 5.41) is 9.74. The predicted molar refractivity (Wildman–Crippen MR) is 84.6 cm³/mol. The molecule has 3 heterocycles. The van der Waals surface area contributed by atoms with E-state index >= 15 is 0 Å². The number of hydrogen-bond acceptors (Lipinski definition) is 4. The minimum absolute atomic E-state index is 0.370. The Morgan fingerprint density at radius 1 is 1.24 bits per heavy atom. The number of nitriles is 1. The highest BCUT2D eigenvalue weighted by molar-refractivity contribution is 6.30. The van der Waals surface area contributed by atoms with E-state index in [2.05, 4.69) is 34.8 Å². The molecule has 0 atom stereocenters. The monoisotopic (exact) mass is 304 g/mol. The maximum atomic E-state index is 9.37. The van der Waals surface area contributed by atoms with Crippen LogP contribution < -0.4 is 4.90 Å². The lowest BCUT2D eigenvalue weighted by Crippen LogP contribution is -2.36. The van der Waals surface area contributed by atoms with E-state index in [1.54, 1.807) is 0 Å². The van der Waals surface area contributed by atoms with Gasteiger partial charge in [0.1, 0.15) is 17.0 Å².